The minimum atomic E-state index is 0.0832. The molecular formula is C22H29N3O. The van der Waals surface area contributed by atoms with Crippen molar-refractivity contribution in [2.75, 3.05) is 18.4 Å². The molecule has 2 aromatic rings. The van der Waals surface area contributed by atoms with Crippen LogP contribution in [-0.4, -0.2) is 28.9 Å². The summed E-state index contributed by atoms with van der Waals surface area (Å²) in [5, 5.41) is 3.56. The van der Waals surface area contributed by atoms with Gasteiger partial charge in [-0.15, -0.1) is 0 Å². The molecule has 3 rings (SSSR count). The van der Waals surface area contributed by atoms with Crippen molar-refractivity contribution in [1.29, 1.82) is 0 Å². The summed E-state index contributed by atoms with van der Waals surface area (Å²) < 4.78 is 0. The quantitative estimate of drug-likeness (QED) is 0.794. The average molecular weight is 351 g/mol. The third-order valence-electron chi connectivity index (χ3n) is 5.02. The first-order valence-electron chi connectivity index (χ1n) is 9.61. The number of amides is 1. The van der Waals surface area contributed by atoms with Crippen molar-refractivity contribution in [3.8, 4) is 0 Å². The van der Waals surface area contributed by atoms with E-state index in [-0.39, 0.29) is 5.91 Å². The second kappa shape index (κ2) is 7.90. The first-order valence-corrected chi connectivity index (χ1v) is 9.61. The molecule has 1 aliphatic rings. The Morgan fingerprint density at radius 2 is 1.65 bits per heavy atom. The first-order chi connectivity index (χ1) is 12.5. The van der Waals surface area contributed by atoms with Gasteiger partial charge in [0.1, 0.15) is 0 Å². The number of rotatable bonds is 5. The lowest BCUT2D eigenvalue weighted by Crippen LogP contribution is -2.27. The number of carbonyl (C=O) groups excluding carboxylic acids is 1. The van der Waals surface area contributed by atoms with Gasteiger partial charge in [-0.25, -0.2) is 0 Å². The van der Waals surface area contributed by atoms with Crippen molar-refractivity contribution in [2.24, 2.45) is 0 Å². The fourth-order valence-corrected chi connectivity index (χ4v) is 3.57. The van der Waals surface area contributed by atoms with Crippen LogP contribution in [0.25, 0.3) is 0 Å². The van der Waals surface area contributed by atoms with Gasteiger partial charge in [-0.3, -0.25) is 9.78 Å². The van der Waals surface area contributed by atoms with Crippen LogP contribution in [0.4, 0.5) is 11.4 Å². The van der Waals surface area contributed by atoms with Gasteiger partial charge in [0.05, 0.1) is 17.4 Å². The van der Waals surface area contributed by atoms with Crippen molar-refractivity contribution in [3.05, 3.63) is 53.3 Å². The standard InChI is InChI=1S/C22H29N3O/c1-15(2)19-8-7-9-20(16(3)4)21(19)24-18-12-17(13-23-14-18)22(26)25-10-5-6-11-25/h7-9,12-16,24H,5-6,10-11H2,1-4H3. The van der Waals surface area contributed by atoms with E-state index in [0.717, 1.165) is 37.3 Å². The molecule has 1 saturated heterocycles. The van der Waals surface area contributed by atoms with Crippen LogP contribution in [0.1, 0.15) is 73.9 Å². The number of anilines is 2. The predicted octanol–water partition coefficient (Wildman–Crippen LogP) is 5.31. The Morgan fingerprint density at radius 1 is 1.04 bits per heavy atom. The Bertz CT molecular complexity index is 750. The van der Waals surface area contributed by atoms with Gasteiger partial charge in [0.2, 0.25) is 0 Å². The van der Waals surface area contributed by atoms with E-state index in [1.165, 1.54) is 11.1 Å². The highest BCUT2D eigenvalue weighted by Crippen LogP contribution is 2.34. The molecule has 0 bridgehead atoms. The van der Waals surface area contributed by atoms with E-state index in [4.69, 9.17) is 0 Å². The molecule has 1 N–H and O–H groups in total. The molecule has 1 aromatic heterocycles. The van der Waals surface area contributed by atoms with E-state index in [2.05, 4.69) is 56.2 Å². The molecule has 138 valence electrons. The average Bonchev–Trinajstić information content (AvgIpc) is 3.15. The summed E-state index contributed by atoms with van der Waals surface area (Å²) in [5.41, 5.74) is 5.24. The Hall–Kier alpha value is -2.36. The molecule has 1 amide bonds. The molecule has 1 aliphatic heterocycles. The van der Waals surface area contributed by atoms with Crippen LogP contribution in [0.2, 0.25) is 0 Å². The molecular weight excluding hydrogens is 322 g/mol. The molecule has 0 saturated carbocycles. The summed E-state index contributed by atoms with van der Waals surface area (Å²) in [5.74, 6) is 0.914. The number of hydrogen-bond acceptors (Lipinski definition) is 3. The Balaban J connectivity index is 1.92. The maximum absolute atomic E-state index is 12.7. The highest BCUT2D eigenvalue weighted by atomic mass is 16.2. The number of hydrogen-bond donors (Lipinski definition) is 1. The molecule has 0 atom stereocenters. The zero-order chi connectivity index (χ0) is 18.7. The SMILES string of the molecule is CC(C)c1cccc(C(C)C)c1Nc1cncc(C(=O)N2CCCC2)c1. The van der Waals surface area contributed by atoms with Crippen LogP contribution in [0.15, 0.2) is 36.7 Å². The lowest BCUT2D eigenvalue weighted by Gasteiger charge is -2.21. The van der Waals surface area contributed by atoms with Gasteiger partial charge >= 0.3 is 0 Å². The fourth-order valence-electron chi connectivity index (χ4n) is 3.57. The number of benzene rings is 1. The molecule has 1 fully saturated rings. The Kier molecular flexibility index (Phi) is 5.60. The monoisotopic (exact) mass is 351 g/mol. The number of nitrogens with zero attached hydrogens (tertiary/aromatic N) is 2. The summed E-state index contributed by atoms with van der Waals surface area (Å²) >= 11 is 0. The van der Waals surface area contributed by atoms with Gasteiger partial charge in [0, 0.05) is 25.0 Å². The lowest BCUT2D eigenvalue weighted by atomic mass is 9.92. The van der Waals surface area contributed by atoms with E-state index in [1.807, 2.05) is 11.0 Å². The number of para-hydroxylation sites is 1. The fraction of sp³-hybridized carbons (Fsp3) is 0.455. The number of nitrogens with one attached hydrogen (secondary N) is 1. The number of carbonyl (C=O) groups is 1. The Morgan fingerprint density at radius 3 is 2.23 bits per heavy atom. The summed E-state index contributed by atoms with van der Waals surface area (Å²) in [6.07, 6.45) is 5.65. The molecule has 0 radical (unpaired) electrons. The van der Waals surface area contributed by atoms with Gasteiger partial charge < -0.3 is 10.2 Å². The zero-order valence-corrected chi connectivity index (χ0v) is 16.2. The summed E-state index contributed by atoms with van der Waals surface area (Å²) in [4.78, 5) is 18.9. The first kappa shape index (κ1) is 18.4. The van der Waals surface area contributed by atoms with Crippen LogP contribution in [0, 0.1) is 0 Å². The minimum absolute atomic E-state index is 0.0832. The third-order valence-corrected chi connectivity index (χ3v) is 5.02. The second-order valence-corrected chi connectivity index (χ2v) is 7.71. The third kappa shape index (κ3) is 3.90. The molecule has 1 aromatic carbocycles. The number of aromatic nitrogens is 1. The maximum Gasteiger partial charge on any atom is 0.255 e. The van der Waals surface area contributed by atoms with Crippen molar-refractivity contribution in [3.63, 3.8) is 0 Å². The van der Waals surface area contributed by atoms with Crippen LogP contribution >= 0.6 is 0 Å². The van der Waals surface area contributed by atoms with E-state index in [1.54, 1.807) is 12.4 Å². The summed E-state index contributed by atoms with van der Waals surface area (Å²) in [7, 11) is 0. The van der Waals surface area contributed by atoms with Crippen LogP contribution in [-0.2, 0) is 0 Å². The highest BCUT2D eigenvalue weighted by molar-refractivity contribution is 5.95. The number of likely N-dealkylation sites (tertiary alicyclic amines) is 1. The second-order valence-electron chi connectivity index (χ2n) is 7.71. The predicted molar refractivity (Wildman–Crippen MR) is 107 cm³/mol. The molecule has 4 heteroatoms. The lowest BCUT2D eigenvalue weighted by molar-refractivity contribution is 0.0792. The van der Waals surface area contributed by atoms with E-state index in [9.17, 15) is 4.79 Å². The van der Waals surface area contributed by atoms with Gasteiger partial charge in [0.15, 0.2) is 0 Å². The zero-order valence-electron chi connectivity index (χ0n) is 16.2. The smallest absolute Gasteiger partial charge is 0.255 e. The Labute approximate surface area is 156 Å². The minimum Gasteiger partial charge on any atom is -0.354 e. The molecule has 26 heavy (non-hydrogen) atoms. The van der Waals surface area contributed by atoms with Crippen LogP contribution < -0.4 is 5.32 Å². The van der Waals surface area contributed by atoms with Gasteiger partial charge in [-0.2, -0.15) is 0 Å². The van der Waals surface area contributed by atoms with Gasteiger partial charge in [-0.05, 0) is 41.9 Å². The van der Waals surface area contributed by atoms with E-state index >= 15 is 0 Å². The van der Waals surface area contributed by atoms with Crippen molar-refractivity contribution < 1.29 is 4.79 Å². The van der Waals surface area contributed by atoms with E-state index in [0.29, 0.717) is 17.4 Å². The van der Waals surface area contributed by atoms with Crippen molar-refractivity contribution in [1.82, 2.24) is 9.88 Å². The molecule has 0 unspecified atom stereocenters. The maximum atomic E-state index is 12.7. The van der Waals surface area contributed by atoms with Crippen LogP contribution in [0.5, 0.6) is 0 Å². The highest BCUT2D eigenvalue weighted by Gasteiger charge is 2.20. The molecule has 0 spiro atoms. The molecule has 0 aliphatic carbocycles. The normalized spacial score (nSPS) is 14.3. The van der Waals surface area contributed by atoms with E-state index < -0.39 is 0 Å². The van der Waals surface area contributed by atoms with Crippen LogP contribution in [0.3, 0.4) is 0 Å². The molecule has 2 heterocycles. The van der Waals surface area contributed by atoms with Crippen molar-refractivity contribution in [2.45, 2.75) is 52.4 Å². The van der Waals surface area contributed by atoms with Gasteiger partial charge in [0.25, 0.3) is 5.91 Å². The van der Waals surface area contributed by atoms with Gasteiger partial charge in [-0.1, -0.05) is 45.9 Å². The largest absolute Gasteiger partial charge is 0.354 e. The molecule has 4 nitrogen and oxygen atoms in total. The van der Waals surface area contributed by atoms with Crippen molar-refractivity contribution >= 4 is 17.3 Å². The topological polar surface area (TPSA) is 45.2 Å². The summed E-state index contributed by atoms with van der Waals surface area (Å²) in [6.45, 7) is 10.5. The summed E-state index contributed by atoms with van der Waals surface area (Å²) in [6, 6.07) is 8.40. The number of pyridine rings is 1.